The summed E-state index contributed by atoms with van der Waals surface area (Å²) >= 11 is 0. The van der Waals surface area contributed by atoms with E-state index in [1.54, 1.807) is 0 Å². The molecule has 4 rings (SSSR count). The molecule has 0 atom stereocenters. The normalized spacial score (nSPS) is 14.5. The smallest absolute Gasteiger partial charge is 0.193 e. The summed E-state index contributed by atoms with van der Waals surface area (Å²) in [5, 5.41) is 11.6. The van der Waals surface area contributed by atoms with E-state index in [-0.39, 0.29) is 0 Å². The number of nitrogens with one attached hydrogen (secondary N) is 1. The van der Waals surface area contributed by atoms with Gasteiger partial charge < -0.3 is 11.1 Å². The zero-order valence-corrected chi connectivity index (χ0v) is 14.2. The molecule has 3 N–H and O–H groups in total. The summed E-state index contributed by atoms with van der Waals surface area (Å²) in [7, 11) is 0. The number of aromatic nitrogens is 3. The van der Waals surface area contributed by atoms with E-state index in [0.717, 1.165) is 30.0 Å². The zero-order valence-electron chi connectivity index (χ0n) is 14.2. The summed E-state index contributed by atoms with van der Waals surface area (Å²) < 4.78 is 1.98. The van der Waals surface area contributed by atoms with Crippen LogP contribution in [0.25, 0.3) is 5.65 Å². The quantitative estimate of drug-likeness (QED) is 0.568. The summed E-state index contributed by atoms with van der Waals surface area (Å²) in [6.45, 7) is 0.573. The monoisotopic (exact) mass is 334 g/mol. The van der Waals surface area contributed by atoms with Crippen molar-refractivity contribution in [3.05, 3.63) is 59.5 Å². The lowest BCUT2D eigenvalue weighted by Gasteiger charge is -2.19. The number of fused-ring (bicyclic) bond motifs is 2. The summed E-state index contributed by atoms with van der Waals surface area (Å²) in [5.41, 5.74) is 10.8. The highest BCUT2D eigenvalue weighted by Gasteiger charge is 2.13. The maximum atomic E-state index is 6.09. The fraction of sp³-hybridized carbons (Fsp3) is 0.316. The Morgan fingerprint density at radius 2 is 2.04 bits per heavy atom. The van der Waals surface area contributed by atoms with Crippen molar-refractivity contribution in [3.8, 4) is 0 Å². The molecule has 0 radical (unpaired) electrons. The van der Waals surface area contributed by atoms with E-state index in [0.29, 0.717) is 18.9 Å². The third-order valence-electron chi connectivity index (χ3n) is 4.66. The molecular weight excluding hydrogens is 312 g/mol. The minimum atomic E-state index is 0.452. The lowest BCUT2D eigenvalue weighted by molar-refractivity contribution is 0.687. The Labute approximate surface area is 146 Å². The average Bonchev–Trinajstić information content (AvgIpc) is 3.05. The van der Waals surface area contributed by atoms with Gasteiger partial charge in [-0.25, -0.2) is 0 Å². The van der Waals surface area contributed by atoms with Gasteiger partial charge in [-0.2, -0.15) is 0 Å². The summed E-state index contributed by atoms with van der Waals surface area (Å²) in [6, 6.07) is 12.2. The Kier molecular flexibility index (Phi) is 4.33. The number of benzene rings is 1. The Hall–Kier alpha value is -2.89. The van der Waals surface area contributed by atoms with Crippen LogP contribution in [0.1, 0.15) is 29.8 Å². The van der Waals surface area contributed by atoms with Crippen LogP contribution >= 0.6 is 0 Å². The topological polar surface area (TPSA) is 80.6 Å². The van der Waals surface area contributed by atoms with Gasteiger partial charge in [0, 0.05) is 24.8 Å². The Balaban J connectivity index is 1.42. The molecule has 2 aromatic heterocycles. The molecular formula is C19H22N6. The van der Waals surface area contributed by atoms with Gasteiger partial charge in [0.15, 0.2) is 11.6 Å². The molecule has 0 bridgehead atoms. The number of hydrogen-bond donors (Lipinski definition) is 2. The molecule has 1 aliphatic rings. The number of pyridine rings is 1. The highest BCUT2D eigenvalue weighted by molar-refractivity contribution is 5.93. The Bertz CT molecular complexity index is 911. The minimum Gasteiger partial charge on any atom is -0.370 e. The Morgan fingerprint density at radius 3 is 3.00 bits per heavy atom. The average molecular weight is 334 g/mol. The van der Waals surface area contributed by atoms with Gasteiger partial charge in [0.25, 0.3) is 0 Å². The van der Waals surface area contributed by atoms with Crippen molar-refractivity contribution in [2.75, 3.05) is 11.9 Å². The van der Waals surface area contributed by atoms with Gasteiger partial charge in [0.2, 0.25) is 0 Å². The molecule has 25 heavy (non-hydrogen) atoms. The second-order valence-corrected chi connectivity index (χ2v) is 6.34. The molecule has 0 spiro atoms. The van der Waals surface area contributed by atoms with Gasteiger partial charge in [-0.15, -0.1) is 10.2 Å². The van der Waals surface area contributed by atoms with Gasteiger partial charge in [-0.05, 0) is 55.0 Å². The van der Waals surface area contributed by atoms with Gasteiger partial charge in [0.05, 0.1) is 0 Å². The predicted octanol–water partition coefficient (Wildman–Crippen LogP) is 2.58. The SMILES string of the molecule is NC(=NCCc1nnc2ccccn12)Nc1cccc2c1CCCC2. The predicted molar refractivity (Wildman–Crippen MR) is 99.9 cm³/mol. The lowest BCUT2D eigenvalue weighted by Crippen LogP contribution is -2.24. The van der Waals surface area contributed by atoms with Crippen LogP contribution in [0.2, 0.25) is 0 Å². The van der Waals surface area contributed by atoms with Crippen LogP contribution in [-0.4, -0.2) is 27.1 Å². The molecule has 128 valence electrons. The number of guanidine groups is 1. The summed E-state index contributed by atoms with van der Waals surface area (Å²) in [6.07, 6.45) is 7.43. The van der Waals surface area contributed by atoms with Crippen molar-refractivity contribution >= 4 is 17.3 Å². The fourth-order valence-electron chi connectivity index (χ4n) is 3.41. The first-order valence-corrected chi connectivity index (χ1v) is 8.77. The minimum absolute atomic E-state index is 0.452. The number of rotatable bonds is 4. The molecule has 0 amide bonds. The van der Waals surface area contributed by atoms with Crippen LogP contribution in [-0.2, 0) is 19.3 Å². The third kappa shape index (κ3) is 3.33. The van der Waals surface area contributed by atoms with Crippen molar-refractivity contribution in [1.29, 1.82) is 0 Å². The van der Waals surface area contributed by atoms with Gasteiger partial charge in [0.1, 0.15) is 5.82 Å². The summed E-state index contributed by atoms with van der Waals surface area (Å²) in [5.74, 6) is 1.34. The molecule has 0 unspecified atom stereocenters. The third-order valence-corrected chi connectivity index (χ3v) is 4.66. The molecule has 3 aromatic rings. The van der Waals surface area contributed by atoms with Crippen molar-refractivity contribution in [2.45, 2.75) is 32.1 Å². The van der Waals surface area contributed by atoms with Crippen molar-refractivity contribution in [3.63, 3.8) is 0 Å². The van der Waals surface area contributed by atoms with Crippen molar-refractivity contribution in [1.82, 2.24) is 14.6 Å². The number of nitrogens with zero attached hydrogens (tertiary/aromatic N) is 4. The number of nitrogens with two attached hydrogens (primary N) is 1. The van der Waals surface area contributed by atoms with Crippen LogP contribution in [0.5, 0.6) is 0 Å². The largest absolute Gasteiger partial charge is 0.370 e. The maximum Gasteiger partial charge on any atom is 0.193 e. The van der Waals surface area contributed by atoms with Gasteiger partial charge in [-0.1, -0.05) is 18.2 Å². The molecule has 1 aliphatic carbocycles. The molecule has 6 nitrogen and oxygen atoms in total. The van der Waals surface area contributed by atoms with E-state index < -0.39 is 0 Å². The summed E-state index contributed by atoms with van der Waals surface area (Å²) in [4.78, 5) is 4.45. The van der Waals surface area contributed by atoms with E-state index in [1.807, 2.05) is 28.8 Å². The fourth-order valence-corrected chi connectivity index (χ4v) is 3.41. The maximum absolute atomic E-state index is 6.09. The lowest BCUT2D eigenvalue weighted by atomic mass is 9.90. The highest BCUT2D eigenvalue weighted by atomic mass is 15.2. The van der Waals surface area contributed by atoms with Crippen molar-refractivity contribution < 1.29 is 0 Å². The second-order valence-electron chi connectivity index (χ2n) is 6.34. The Morgan fingerprint density at radius 1 is 1.12 bits per heavy atom. The molecule has 0 fully saturated rings. The van der Waals surface area contributed by atoms with E-state index in [1.165, 1.54) is 24.0 Å². The number of aliphatic imine (C=N–C) groups is 1. The first-order chi connectivity index (χ1) is 12.3. The van der Waals surface area contributed by atoms with Gasteiger partial charge >= 0.3 is 0 Å². The zero-order chi connectivity index (χ0) is 17.1. The molecule has 0 aliphatic heterocycles. The first kappa shape index (κ1) is 15.6. The van der Waals surface area contributed by atoms with Crippen LogP contribution in [0.4, 0.5) is 5.69 Å². The van der Waals surface area contributed by atoms with Crippen molar-refractivity contribution in [2.24, 2.45) is 10.7 Å². The van der Waals surface area contributed by atoms with Crippen LogP contribution in [0, 0.1) is 0 Å². The van der Waals surface area contributed by atoms with Crippen LogP contribution in [0.15, 0.2) is 47.6 Å². The number of anilines is 1. The molecule has 0 saturated carbocycles. The standard InChI is InChI=1S/C19H22N6/c20-19(22-16-9-5-7-14-6-1-2-8-15(14)16)21-12-11-18-24-23-17-10-3-4-13-25(17)18/h3-5,7,9-10,13H,1-2,6,8,11-12H2,(H3,20,21,22). The second kappa shape index (κ2) is 6.93. The van der Waals surface area contributed by atoms with Gasteiger partial charge in [-0.3, -0.25) is 9.39 Å². The van der Waals surface area contributed by atoms with E-state index >= 15 is 0 Å². The highest BCUT2D eigenvalue weighted by Crippen LogP contribution is 2.27. The number of aryl methyl sites for hydroxylation is 1. The first-order valence-electron chi connectivity index (χ1n) is 8.77. The molecule has 1 aromatic carbocycles. The molecule has 0 saturated heterocycles. The molecule has 6 heteroatoms. The van der Waals surface area contributed by atoms with E-state index in [9.17, 15) is 0 Å². The van der Waals surface area contributed by atoms with E-state index in [2.05, 4.69) is 38.7 Å². The van der Waals surface area contributed by atoms with E-state index in [4.69, 9.17) is 5.73 Å². The number of hydrogen-bond acceptors (Lipinski definition) is 3. The van der Waals surface area contributed by atoms with Crippen LogP contribution < -0.4 is 11.1 Å². The van der Waals surface area contributed by atoms with Crippen LogP contribution in [0.3, 0.4) is 0 Å². The molecule has 2 heterocycles.